The van der Waals surface area contributed by atoms with Crippen LogP contribution in [0.2, 0.25) is 0 Å². The van der Waals surface area contributed by atoms with Crippen molar-refractivity contribution in [3.63, 3.8) is 0 Å². The van der Waals surface area contributed by atoms with E-state index in [1.807, 2.05) is 13.0 Å². The summed E-state index contributed by atoms with van der Waals surface area (Å²) in [6.07, 6.45) is 1.08. The molecule has 18 heavy (non-hydrogen) atoms. The molecule has 0 aliphatic rings. The number of rotatable bonds is 1. The van der Waals surface area contributed by atoms with Gasteiger partial charge in [-0.2, -0.15) is 0 Å². The minimum Gasteiger partial charge on any atom is -0.465 e. The Labute approximate surface area is 104 Å². The summed E-state index contributed by atoms with van der Waals surface area (Å²) in [6.45, 7) is 1.85. The van der Waals surface area contributed by atoms with E-state index in [0.29, 0.717) is 16.5 Å². The van der Waals surface area contributed by atoms with Crippen LogP contribution < -0.4 is 0 Å². The van der Waals surface area contributed by atoms with Gasteiger partial charge in [0, 0.05) is 11.6 Å². The summed E-state index contributed by atoms with van der Waals surface area (Å²) < 4.78 is 10.8. The van der Waals surface area contributed by atoms with E-state index in [9.17, 15) is 9.59 Å². The Hall–Kier alpha value is -2.30. The van der Waals surface area contributed by atoms with Crippen molar-refractivity contribution in [3.05, 3.63) is 35.5 Å². The molecule has 0 spiro atoms. The van der Waals surface area contributed by atoms with Gasteiger partial charge in [0.05, 0.1) is 25.3 Å². The van der Waals surface area contributed by atoms with Gasteiger partial charge in [0.2, 0.25) is 0 Å². The maximum Gasteiger partial charge on any atom is 0.418 e. The Morgan fingerprint density at radius 1 is 1.17 bits per heavy atom. The van der Waals surface area contributed by atoms with Crippen molar-refractivity contribution in [2.24, 2.45) is 0 Å². The van der Waals surface area contributed by atoms with Gasteiger partial charge >= 0.3 is 12.1 Å². The number of ether oxygens (including phenoxy) is 2. The van der Waals surface area contributed by atoms with E-state index in [1.165, 1.54) is 18.8 Å². The van der Waals surface area contributed by atoms with Gasteiger partial charge in [-0.1, -0.05) is 0 Å². The minimum atomic E-state index is -0.494. The van der Waals surface area contributed by atoms with Crippen molar-refractivity contribution in [2.75, 3.05) is 14.2 Å². The van der Waals surface area contributed by atoms with Crippen molar-refractivity contribution in [3.8, 4) is 0 Å². The predicted molar refractivity (Wildman–Crippen MR) is 65.8 cm³/mol. The number of carbonyl (C=O) groups is 2. The van der Waals surface area contributed by atoms with Crippen LogP contribution in [0.5, 0.6) is 0 Å². The highest BCUT2D eigenvalue weighted by Gasteiger charge is 2.16. The van der Waals surface area contributed by atoms with Gasteiger partial charge in [0.25, 0.3) is 0 Å². The fourth-order valence-corrected chi connectivity index (χ4v) is 1.92. The number of fused-ring (bicyclic) bond motifs is 1. The lowest BCUT2D eigenvalue weighted by atomic mass is 10.1. The molecule has 0 amide bonds. The van der Waals surface area contributed by atoms with Gasteiger partial charge in [-0.15, -0.1) is 0 Å². The second-order valence-corrected chi connectivity index (χ2v) is 3.89. The molecule has 0 unspecified atom stereocenters. The molecule has 2 aromatic rings. The van der Waals surface area contributed by atoms with E-state index in [-0.39, 0.29) is 0 Å². The van der Waals surface area contributed by atoms with Crippen LogP contribution in [-0.4, -0.2) is 30.8 Å². The third-order valence-electron chi connectivity index (χ3n) is 2.73. The highest BCUT2D eigenvalue weighted by Crippen LogP contribution is 2.23. The van der Waals surface area contributed by atoms with Crippen LogP contribution in [0.15, 0.2) is 24.4 Å². The first-order valence-electron chi connectivity index (χ1n) is 5.37. The summed E-state index contributed by atoms with van der Waals surface area (Å²) in [4.78, 5) is 23.3. The number of nitrogens with zero attached hydrogens (tertiary/aromatic N) is 1. The second-order valence-electron chi connectivity index (χ2n) is 3.89. The molecule has 1 aromatic carbocycles. The minimum absolute atomic E-state index is 0.425. The number of benzene rings is 1. The van der Waals surface area contributed by atoms with E-state index in [4.69, 9.17) is 4.74 Å². The predicted octanol–water partition coefficient (Wildman–Crippen LogP) is 2.35. The largest absolute Gasteiger partial charge is 0.465 e. The molecule has 1 aromatic heterocycles. The van der Waals surface area contributed by atoms with Crippen LogP contribution in [0.4, 0.5) is 4.79 Å². The number of hydrogen-bond acceptors (Lipinski definition) is 4. The Morgan fingerprint density at radius 2 is 1.89 bits per heavy atom. The molecule has 1 heterocycles. The summed E-state index contributed by atoms with van der Waals surface area (Å²) in [6, 6.07) is 5.24. The summed E-state index contributed by atoms with van der Waals surface area (Å²) in [7, 11) is 2.64. The zero-order valence-corrected chi connectivity index (χ0v) is 10.4. The molecule has 5 nitrogen and oxygen atoms in total. The van der Waals surface area contributed by atoms with Crippen LogP contribution >= 0.6 is 0 Å². The zero-order valence-electron chi connectivity index (χ0n) is 10.4. The lowest BCUT2D eigenvalue weighted by molar-refractivity contribution is 0.0603. The lowest BCUT2D eigenvalue weighted by Crippen LogP contribution is -2.10. The second kappa shape index (κ2) is 4.52. The van der Waals surface area contributed by atoms with Crippen LogP contribution in [0.1, 0.15) is 15.9 Å². The molecule has 0 aliphatic heterocycles. The van der Waals surface area contributed by atoms with Crippen LogP contribution in [0, 0.1) is 6.92 Å². The van der Waals surface area contributed by atoms with Gasteiger partial charge in [-0.3, -0.25) is 4.57 Å². The van der Waals surface area contributed by atoms with Crippen molar-refractivity contribution >= 4 is 23.0 Å². The maximum atomic E-state index is 11.7. The van der Waals surface area contributed by atoms with E-state index in [1.54, 1.807) is 18.3 Å². The molecular formula is C13H13NO4. The third-order valence-corrected chi connectivity index (χ3v) is 2.73. The SMILES string of the molecule is COC(=O)c1cc(C)cc2c1ccn2C(=O)OC. The first-order valence-corrected chi connectivity index (χ1v) is 5.37. The van der Waals surface area contributed by atoms with Crippen LogP contribution in [0.25, 0.3) is 10.9 Å². The van der Waals surface area contributed by atoms with Gasteiger partial charge in [-0.25, -0.2) is 9.59 Å². The lowest BCUT2D eigenvalue weighted by Gasteiger charge is -2.06. The molecule has 0 aliphatic carbocycles. The maximum absolute atomic E-state index is 11.7. The monoisotopic (exact) mass is 247 g/mol. The quantitative estimate of drug-likeness (QED) is 0.726. The highest BCUT2D eigenvalue weighted by atomic mass is 16.5. The number of aryl methyl sites for hydroxylation is 1. The first kappa shape index (κ1) is 12.2. The van der Waals surface area contributed by atoms with Crippen LogP contribution in [-0.2, 0) is 9.47 Å². The number of hydrogen-bond donors (Lipinski definition) is 0. The summed E-state index contributed by atoms with van der Waals surface area (Å²) >= 11 is 0. The van der Waals surface area contributed by atoms with E-state index >= 15 is 0 Å². The first-order chi connectivity index (χ1) is 8.58. The smallest absolute Gasteiger partial charge is 0.418 e. The molecule has 0 radical (unpaired) electrons. The van der Waals surface area contributed by atoms with Crippen molar-refractivity contribution in [2.45, 2.75) is 6.92 Å². The van der Waals surface area contributed by atoms with Crippen molar-refractivity contribution in [1.29, 1.82) is 0 Å². The van der Waals surface area contributed by atoms with Gasteiger partial charge in [0.15, 0.2) is 0 Å². The molecular weight excluding hydrogens is 234 g/mol. The zero-order chi connectivity index (χ0) is 13.3. The average molecular weight is 247 g/mol. The van der Waals surface area contributed by atoms with Gasteiger partial charge in [-0.05, 0) is 30.7 Å². The standard InChI is InChI=1S/C13H13NO4/c1-8-6-10(12(15)17-2)9-4-5-14(11(9)7-8)13(16)18-3/h4-7H,1-3H3. The number of carbonyl (C=O) groups excluding carboxylic acids is 2. The Balaban J connectivity index is 2.72. The Morgan fingerprint density at radius 3 is 2.50 bits per heavy atom. The van der Waals surface area contributed by atoms with Crippen molar-refractivity contribution < 1.29 is 19.1 Å². The summed E-state index contributed by atoms with van der Waals surface area (Å²) in [5.41, 5.74) is 1.93. The van der Waals surface area contributed by atoms with Gasteiger partial charge in [0.1, 0.15) is 0 Å². The molecule has 5 heteroatoms. The molecule has 0 atom stereocenters. The molecule has 0 bridgehead atoms. The van der Waals surface area contributed by atoms with Gasteiger partial charge < -0.3 is 9.47 Å². The third kappa shape index (κ3) is 1.84. The molecule has 2 rings (SSSR count). The molecule has 94 valence electrons. The molecule has 0 saturated carbocycles. The molecule has 0 saturated heterocycles. The van der Waals surface area contributed by atoms with E-state index in [0.717, 1.165) is 5.56 Å². The number of methoxy groups -OCH3 is 2. The summed E-state index contributed by atoms with van der Waals surface area (Å²) in [5, 5.41) is 0.665. The number of esters is 1. The van der Waals surface area contributed by atoms with Crippen LogP contribution in [0.3, 0.4) is 0 Å². The molecule has 0 fully saturated rings. The summed E-state index contributed by atoms with van der Waals surface area (Å²) in [5.74, 6) is -0.425. The van der Waals surface area contributed by atoms with E-state index < -0.39 is 12.1 Å². The number of aromatic nitrogens is 1. The highest BCUT2D eigenvalue weighted by molar-refractivity contribution is 6.05. The van der Waals surface area contributed by atoms with E-state index in [2.05, 4.69) is 4.74 Å². The fraction of sp³-hybridized carbons (Fsp3) is 0.231. The topological polar surface area (TPSA) is 57.5 Å². The average Bonchev–Trinajstić information content (AvgIpc) is 2.79. The van der Waals surface area contributed by atoms with Crippen molar-refractivity contribution in [1.82, 2.24) is 4.57 Å². The molecule has 0 N–H and O–H groups in total. The normalized spacial score (nSPS) is 10.4. The Kier molecular flexibility index (Phi) is 3.06. The fourth-order valence-electron chi connectivity index (χ4n) is 1.92. The Bertz CT molecular complexity index is 627.